The van der Waals surface area contributed by atoms with Gasteiger partial charge >= 0.3 is 5.97 Å². The van der Waals surface area contributed by atoms with Crippen molar-refractivity contribution in [1.82, 2.24) is 10.0 Å². The van der Waals surface area contributed by atoms with Gasteiger partial charge in [0, 0.05) is 24.1 Å². The highest BCUT2D eigenvalue weighted by molar-refractivity contribution is 7.89. The first-order valence-electron chi connectivity index (χ1n) is 7.52. The fourth-order valence-corrected chi connectivity index (χ4v) is 3.80. The molecule has 0 aliphatic carbocycles. The standard InChI is InChI=1S/C16H18N2O6S2/c1-24-9-8-18-26(22,23)13-5-2-11(3-6-13)15(19)17-10-12-4-7-14(25-12)16(20)21/h2-7,18H,8-10H2,1H3,(H,17,19)(H,20,21). The number of thiophene rings is 1. The molecular formula is C16H18N2O6S2. The van der Waals surface area contributed by atoms with Crippen LogP contribution in [0.25, 0.3) is 0 Å². The van der Waals surface area contributed by atoms with Crippen LogP contribution < -0.4 is 10.0 Å². The summed E-state index contributed by atoms with van der Waals surface area (Å²) < 4.78 is 31.3. The van der Waals surface area contributed by atoms with Crippen LogP contribution in [0.1, 0.15) is 24.9 Å². The number of hydrogen-bond donors (Lipinski definition) is 3. The van der Waals surface area contributed by atoms with E-state index < -0.39 is 16.0 Å². The van der Waals surface area contributed by atoms with Crippen molar-refractivity contribution in [1.29, 1.82) is 0 Å². The van der Waals surface area contributed by atoms with E-state index in [0.29, 0.717) is 10.4 Å². The minimum absolute atomic E-state index is 0.0505. The van der Waals surface area contributed by atoms with Crippen LogP contribution in [0.3, 0.4) is 0 Å². The maximum atomic E-state index is 12.1. The van der Waals surface area contributed by atoms with Crippen LogP contribution in [0, 0.1) is 0 Å². The lowest BCUT2D eigenvalue weighted by Crippen LogP contribution is -2.27. The van der Waals surface area contributed by atoms with Crippen LogP contribution in [-0.2, 0) is 21.3 Å². The molecule has 26 heavy (non-hydrogen) atoms. The normalized spacial score (nSPS) is 11.3. The minimum atomic E-state index is -3.65. The number of benzene rings is 1. The molecule has 0 fully saturated rings. The molecular weight excluding hydrogens is 380 g/mol. The molecule has 0 saturated heterocycles. The first-order chi connectivity index (χ1) is 12.3. The van der Waals surface area contributed by atoms with Gasteiger partial charge in [0.1, 0.15) is 4.88 Å². The van der Waals surface area contributed by atoms with Gasteiger partial charge in [-0.2, -0.15) is 0 Å². The average molecular weight is 398 g/mol. The fraction of sp³-hybridized carbons (Fsp3) is 0.250. The Morgan fingerprint density at radius 2 is 1.85 bits per heavy atom. The molecule has 0 aliphatic heterocycles. The summed E-state index contributed by atoms with van der Waals surface area (Å²) in [5, 5.41) is 11.5. The predicted molar refractivity (Wildman–Crippen MR) is 96.0 cm³/mol. The second-order valence-corrected chi connectivity index (χ2v) is 8.10. The van der Waals surface area contributed by atoms with Gasteiger partial charge in [0.2, 0.25) is 10.0 Å². The van der Waals surface area contributed by atoms with E-state index in [2.05, 4.69) is 10.0 Å². The number of carbonyl (C=O) groups excluding carboxylic acids is 1. The number of carboxylic acids is 1. The third kappa shape index (κ3) is 5.36. The van der Waals surface area contributed by atoms with Crippen molar-refractivity contribution in [3.05, 3.63) is 51.7 Å². The van der Waals surface area contributed by atoms with Crippen LogP contribution in [0.4, 0.5) is 0 Å². The van der Waals surface area contributed by atoms with Gasteiger partial charge in [-0.15, -0.1) is 11.3 Å². The molecule has 2 rings (SSSR count). The molecule has 140 valence electrons. The summed E-state index contributed by atoms with van der Waals surface area (Å²) in [6.07, 6.45) is 0. The van der Waals surface area contributed by atoms with E-state index in [4.69, 9.17) is 9.84 Å². The number of rotatable bonds is 9. The van der Waals surface area contributed by atoms with Crippen LogP contribution in [0.5, 0.6) is 0 Å². The molecule has 1 aromatic carbocycles. The van der Waals surface area contributed by atoms with Gasteiger partial charge in [-0.05, 0) is 36.4 Å². The topological polar surface area (TPSA) is 122 Å². The highest BCUT2D eigenvalue weighted by Gasteiger charge is 2.14. The van der Waals surface area contributed by atoms with Gasteiger partial charge in [0.15, 0.2) is 0 Å². The average Bonchev–Trinajstić information content (AvgIpc) is 3.09. The predicted octanol–water partition coefficient (Wildman–Crippen LogP) is 1.30. The smallest absolute Gasteiger partial charge is 0.345 e. The molecule has 3 N–H and O–H groups in total. The van der Waals surface area contributed by atoms with E-state index in [1.165, 1.54) is 37.4 Å². The molecule has 0 radical (unpaired) electrons. The van der Waals surface area contributed by atoms with Crippen LogP contribution >= 0.6 is 11.3 Å². The van der Waals surface area contributed by atoms with Gasteiger partial charge in [-0.3, -0.25) is 4.79 Å². The second kappa shape index (κ2) is 8.90. The van der Waals surface area contributed by atoms with E-state index in [0.717, 1.165) is 11.3 Å². The Hall–Kier alpha value is -2.27. The molecule has 0 atom stereocenters. The fourth-order valence-electron chi connectivity index (χ4n) is 2.00. The lowest BCUT2D eigenvalue weighted by molar-refractivity contribution is 0.0702. The molecule has 1 aromatic heterocycles. The van der Waals surface area contributed by atoms with Gasteiger partial charge in [0.25, 0.3) is 5.91 Å². The van der Waals surface area contributed by atoms with Gasteiger partial charge in [0.05, 0.1) is 18.0 Å². The van der Waals surface area contributed by atoms with E-state index in [-0.39, 0.29) is 35.4 Å². The molecule has 0 saturated carbocycles. The van der Waals surface area contributed by atoms with E-state index in [1.807, 2.05) is 0 Å². The van der Waals surface area contributed by atoms with Gasteiger partial charge in [-0.25, -0.2) is 17.9 Å². The van der Waals surface area contributed by atoms with Gasteiger partial charge < -0.3 is 15.2 Å². The first kappa shape index (κ1) is 20.0. The molecule has 1 heterocycles. The molecule has 0 bridgehead atoms. The Balaban J connectivity index is 1.96. The number of carbonyl (C=O) groups is 2. The monoisotopic (exact) mass is 398 g/mol. The molecule has 0 spiro atoms. The number of aromatic carboxylic acids is 1. The van der Waals surface area contributed by atoms with E-state index >= 15 is 0 Å². The van der Waals surface area contributed by atoms with Gasteiger partial charge in [-0.1, -0.05) is 0 Å². The maximum Gasteiger partial charge on any atom is 0.345 e. The summed E-state index contributed by atoms with van der Waals surface area (Å²) in [5.41, 5.74) is 0.302. The lowest BCUT2D eigenvalue weighted by Gasteiger charge is -2.08. The van der Waals surface area contributed by atoms with E-state index in [1.54, 1.807) is 6.07 Å². The quantitative estimate of drug-likeness (QED) is 0.548. The summed E-state index contributed by atoms with van der Waals surface area (Å²) in [6.45, 7) is 0.599. The number of amides is 1. The third-order valence-electron chi connectivity index (χ3n) is 3.32. The van der Waals surface area contributed by atoms with Crippen LogP contribution in [-0.4, -0.2) is 45.7 Å². The largest absolute Gasteiger partial charge is 0.477 e. The highest BCUT2D eigenvalue weighted by Crippen LogP contribution is 2.16. The zero-order valence-electron chi connectivity index (χ0n) is 13.9. The van der Waals surface area contributed by atoms with Crippen molar-refractivity contribution < 1.29 is 27.9 Å². The third-order valence-corrected chi connectivity index (χ3v) is 5.87. The molecule has 2 aromatic rings. The van der Waals surface area contributed by atoms with Crippen LogP contribution in [0.15, 0.2) is 41.3 Å². The summed E-state index contributed by atoms with van der Waals surface area (Å²) in [4.78, 5) is 23.9. The number of ether oxygens (including phenoxy) is 1. The molecule has 8 nitrogen and oxygen atoms in total. The van der Waals surface area contributed by atoms with Crippen molar-refractivity contribution in [2.45, 2.75) is 11.4 Å². The number of carboxylic acid groups (broad SMARTS) is 1. The van der Waals surface area contributed by atoms with Crippen LogP contribution in [0.2, 0.25) is 0 Å². The second-order valence-electron chi connectivity index (χ2n) is 5.17. The van der Waals surface area contributed by atoms with Crippen molar-refractivity contribution in [3.63, 3.8) is 0 Å². The SMILES string of the molecule is COCCNS(=O)(=O)c1ccc(C(=O)NCc2ccc(C(=O)O)s2)cc1. The Morgan fingerprint density at radius 3 is 2.42 bits per heavy atom. The number of sulfonamides is 1. The molecule has 0 aliphatic rings. The lowest BCUT2D eigenvalue weighted by atomic mass is 10.2. The zero-order chi connectivity index (χ0) is 19.2. The summed E-state index contributed by atoms with van der Waals surface area (Å²) in [5.74, 6) is -1.39. The first-order valence-corrected chi connectivity index (χ1v) is 9.82. The summed E-state index contributed by atoms with van der Waals surface area (Å²) >= 11 is 1.08. The number of nitrogens with one attached hydrogen (secondary N) is 2. The number of methoxy groups -OCH3 is 1. The van der Waals surface area contributed by atoms with E-state index in [9.17, 15) is 18.0 Å². The van der Waals surface area contributed by atoms with Crippen molar-refractivity contribution in [3.8, 4) is 0 Å². The van der Waals surface area contributed by atoms with Crippen molar-refractivity contribution in [2.24, 2.45) is 0 Å². The Kier molecular flexibility index (Phi) is 6.86. The van der Waals surface area contributed by atoms with Crippen molar-refractivity contribution in [2.75, 3.05) is 20.3 Å². The summed E-state index contributed by atoms with van der Waals surface area (Å²) in [6, 6.07) is 8.63. The molecule has 10 heteroatoms. The summed E-state index contributed by atoms with van der Waals surface area (Å²) in [7, 11) is -2.18. The number of hydrogen-bond acceptors (Lipinski definition) is 6. The Labute approximate surface area is 154 Å². The maximum absolute atomic E-state index is 12.1. The van der Waals surface area contributed by atoms with Crippen molar-refractivity contribution >= 4 is 33.2 Å². The Bertz CT molecular complexity index is 874. The molecule has 0 unspecified atom stereocenters. The minimum Gasteiger partial charge on any atom is -0.477 e. The Morgan fingerprint density at radius 1 is 1.15 bits per heavy atom. The molecule has 1 amide bonds. The highest BCUT2D eigenvalue weighted by atomic mass is 32.2. The zero-order valence-corrected chi connectivity index (χ0v) is 15.5.